The molecule has 0 saturated carbocycles. The van der Waals surface area contributed by atoms with Gasteiger partial charge in [-0.3, -0.25) is 9.78 Å². The number of thioether (sulfide) groups is 1. The van der Waals surface area contributed by atoms with Gasteiger partial charge in [0.15, 0.2) is 9.84 Å². The number of hydrogen-bond donors (Lipinski definition) is 0. The average molecular weight is 321 g/mol. The summed E-state index contributed by atoms with van der Waals surface area (Å²) in [5, 5.41) is -0.389. The molecule has 1 amide bonds. The Kier molecular flexibility index (Phi) is 4.37. The maximum atomic E-state index is 12.3. The van der Waals surface area contributed by atoms with E-state index in [2.05, 4.69) is 4.98 Å². The van der Waals surface area contributed by atoms with Crippen molar-refractivity contribution >= 4 is 39.1 Å². The van der Waals surface area contributed by atoms with E-state index >= 15 is 0 Å². The molecule has 1 atom stereocenters. The highest BCUT2D eigenvalue weighted by molar-refractivity contribution is 8.00. The number of rotatable bonds is 2. The third-order valence-corrected chi connectivity index (χ3v) is 5.66. The fourth-order valence-electron chi connectivity index (χ4n) is 1.84. The first-order valence-corrected chi connectivity index (χ1v) is 9.07. The lowest BCUT2D eigenvalue weighted by Crippen LogP contribution is -2.50. The van der Waals surface area contributed by atoms with Crippen LogP contribution in [0.5, 0.6) is 0 Å². The molecule has 1 aliphatic rings. The Morgan fingerprint density at radius 2 is 2.32 bits per heavy atom. The molecule has 1 aliphatic heterocycles. The van der Waals surface area contributed by atoms with Crippen LogP contribution in [0.4, 0.5) is 0 Å². The Labute approximate surface area is 121 Å². The van der Waals surface area contributed by atoms with E-state index in [4.69, 9.17) is 11.6 Å². The zero-order valence-corrected chi connectivity index (χ0v) is 12.6. The normalized spacial score (nSPS) is 20.3. The van der Waals surface area contributed by atoms with Gasteiger partial charge in [-0.15, -0.1) is 0 Å². The molecule has 0 radical (unpaired) electrons. The second-order valence-corrected chi connectivity index (χ2v) is 8.01. The van der Waals surface area contributed by atoms with Gasteiger partial charge in [0.2, 0.25) is 0 Å². The van der Waals surface area contributed by atoms with Crippen LogP contribution in [0.1, 0.15) is 10.5 Å². The van der Waals surface area contributed by atoms with Gasteiger partial charge in [-0.2, -0.15) is 11.8 Å². The molecule has 2 rings (SSSR count). The standard InChI is InChI=1S/C11H13ClN2O3S2/c1-19(16,17)10-7-18-5-4-14(10)11(15)9-6-8(12)2-3-13-9/h2-3,6,10H,4-5,7H2,1H3. The van der Waals surface area contributed by atoms with Crippen LogP contribution in [0.2, 0.25) is 5.02 Å². The van der Waals surface area contributed by atoms with E-state index in [0.717, 1.165) is 12.0 Å². The predicted octanol–water partition coefficient (Wildman–Crippen LogP) is 1.29. The molecule has 1 aromatic rings. The van der Waals surface area contributed by atoms with E-state index in [9.17, 15) is 13.2 Å². The molecule has 2 heterocycles. The highest BCUT2D eigenvalue weighted by Gasteiger charge is 2.35. The van der Waals surface area contributed by atoms with Crippen LogP contribution in [0.25, 0.3) is 0 Å². The molecule has 0 aliphatic carbocycles. The molecule has 0 N–H and O–H groups in total. The molecule has 104 valence electrons. The molecule has 0 bridgehead atoms. The van der Waals surface area contributed by atoms with Gasteiger partial charge in [-0.05, 0) is 12.1 Å². The highest BCUT2D eigenvalue weighted by Crippen LogP contribution is 2.22. The van der Waals surface area contributed by atoms with Gasteiger partial charge in [0.05, 0.1) is 0 Å². The lowest BCUT2D eigenvalue weighted by Gasteiger charge is -2.33. The summed E-state index contributed by atoms with van der Waals surface area (Å²) in [7, 11) is -3.31. The first kappa shape index (κ1) is 14.6. The summed E-state index contributed by atoms with van der Waals surface area (Å²) >= 11 is 7.35. The number of carbonyl (C=O) groups is 1. The molecule has 5 nitrogen and oxygen atoms in total. The van der Waals surface area contributed by atoms with E-state index in [1.165, 1.54) is 28.9 Å². The maximum Gasteiger partial charge on any atom is 0.273 e. The summed E-state index contributed by atoms with van der Waals surface area (Å²) in [6.07, 6.45) is 2.58. The van der Waals surface area contributed by atoms with E-state index in [1.807, 2.05) is 0 Å². The van der Waals surface area contributed by atoms with E-state index in [0.29, 0.717) is 17.3 Å². The van der Waals surface area contributed by atoms with Gasteiger partial charge in [0.1, 0.15) is 11.1 Å². The number of sulfone groups is 1. The molecule has 19 heavy (non-hydrogen) atoms. The van der Waals surface area contributed by atoms with Crippen molar-refractivity contribution < 1.29 is 13.2 Å². The fourth-order valence-corrected chi connectivity index (χ4v) is 4.81. The van der Waals surface area contributed by atoms with Gasteiger partial charge in [0, 0.05) is 35.5 Å². The van der Waals surface area contributed by atoms with E-state index in [-0.39, 0.29) is 5.69 Å². The molecule has 1 unspecified atom stereocenters. The molecule has 0 spiro atoms. The van der Waals surface area contributed by atoms with Crippen molar-refractivity contribution in [2.75, 3.05) is 24.3 Å². The molecular formula is C11H13ClN2O3S2. The van der Waals surface area contributed by atoms with Crippen LogP contribution in [-0.4, -0.2) is 53.9 Å². The lowest BCUT2D eigenvalue weighted by atomic mass is 10.3. The van der Waals surface area contributed by atoms with Gasteiger partial charge in [0.25, 0.3) is 5.91 Å². The molecule has 1 saturated heterocycles. The van der Waals surface area contributed by atoms with Crippen LogP contribution in [0.3, 0.4) is 0 Å². The molecule has 8 heteroatoms. The Bertz CT molecular complexity index is 591. The number of hydrogen-bond acceptors (Lipinski definition) is 5. The zero-order valence-electron chi connectivity index (χ0n) is 10.2. The minimum atomic E-state index is -3.31. The third-order valence-electron chi connectivity index (χ3n) is 2.78. The first-order valence-electron chi connectivity index (χ1n) is 5.59. The van der Waals surface area contributed by atoms with Gasteiger partial charge >= 0.3 is 0 Å². The molecule has 1 aromatic heterocycles. The number of amides is 1. The second-order valence-electron chi connectivity index (χ2n) is 4.22. The SMILES string of the molecule is CS(=O)(=O)C1CSCCN1C(=O)c1cc(Cl)ccn1. The van der Waals surface area contributed by atoms with Crippen LogP contribution in [0.15, 0.2) is 18.3 Å². The van der Waals surface area contributed by atoms with Crippen LogP contribution in [0, 0.1) is 0 Å². The van der Waals surface area contributed by atoms with Gasteiger partial charge in [-0.25, -0.2) is 8.42 Å². The summed E-state index contributed by atoms with van der Waals surface area (Å²) in [5.41, 5.74) is 0.174. The molecule has 1 fully saturated rings. The van der Waals surface area contributed by atoms with Crippen molar-refractivity contribution in [3.05, 3.63) is 29.0 Å². The average Bonchev–Trinajstić information content (AvgIpc) is 2.37. The lowest BCUT2D eigenvalue weighted by molar-refractivity contribution is 0.0743. The van der Waals surface area contributed by atoms with Gasteiger partial charge < -0.3 is 4.90 Å². The summed E-state index contributed by atoms with van der Waals surface area (Å²) in [6, 6.07) is 3.02. The van der Waals surface area contributed by atoms with Crippen LogP contribution < -0.4 is 0 Å². The minimum absolute atomic E-state index is 0.174. The number of nitrogens with zero attached hydrogens (tertiary/aromatic N) is 2. The fraction of sp³-hybridized carbons (Fsp3) is 0.455. The predicted molar refractivity (Wildman–Crippen MR) is 76.2 cm³/mol. The van der Waals surface area contributed by atoms with Crippen LogP contribution in [-0.2, 0) is 9.84 Å². The number of halogens is 1. The number of carbonyl (C=O) groups excluding carboxylic acids is 1. The van der Waals surface area contributed by atoms with Crippen molar-refractivity contribution in [3.8, 4) is 0 Å². The largest absolute Gasteiger partial charge is 0.319 e. The Hall–Kier alpha value is -0.790. The Morgan fingerprint density at radius 1 is 1.58 bits per heavy atom. The minimum Gasteiger partial charge on any atom is -0.319 e. The topological polar surface area (TPSA) is 67.3 Å². The van der Waals surface area contributed by atoms with Crippen molar-refractivity contribution in [1.29, 1.82) is 0 Å². The number of aromatic nitrogens is 1. The monoisotopic (exact) mass is 320 g/mol. The Morgan fingerprint density at radius 3 is 2.95 bits per heavy atom. The zero-order chi connectivity index (χ0) is 14.0. The summed E-state index contributed by atoms with van der Waals surface area (Å²) < 4.78 is 23.5. The van der Waals surface area contributed by atoms with Crippen molar-refractivity contribution in [1.82, 2.24) is 9.88 Å². The second kappa shape index (κ2) is 5.68. The Balaban J connectivity index is 2.30. The number of pyridine rings is 1. The highest BCUT2D eigenvalue weighted by atomic mass is 35.5. The maximum absolute atomic E-state index is 12.3. The summed E-state index contributed by atoms with van der Waals surface area (Å²) in [5.74, 6) is 0.724. The van der Waals surface area contributed by atoms with Crippen LogP contribution >= 0.6 is 23.4 Å². The third kappa shape index (κ3) is 3.40. The van der Waals surface area contributed by atoms with Crippen molar-refractivity contribution in [2.45, 2.75) is 5.37 Å². The van der Waals surface area contributed by atoms with E-state index < -0.39 is 21.1 Å². The van der Waals surface area contributed by atoms with Crippen molar-refractivity contribution in [2.24, 2.45) is 0 Å². The molecule has 0 aromatic carbocycles. The van der Waals surface area contributed by atoms with Gasteiger partial charge in [-0.1, -0.05) is 11.6 Å². The first-order chi connectivity index (χ1) is 8.89. The smallest absolute Gasteiger partial charge is 0.273 e. The van der Waals surface area contributed by atoms with E-state index in [1.54, 1.807) is 6.07 Å². The van der Waals surface area contributed by atoms with Crippen molar-refractivity contribution in [3.63, 3.8) is 0 Å². The summed E-state index contributed by atoms with van der Waals surface area (Å²) in [4.78, 5) is 17.7. The quantitative estimate of drug-likeness (QED) is 0.821. The summed E-state index contributed by atoms with van der Waals surface area (Å²) in [6.45, 7) is 0.398. The molecular weight excluding hydrogens is 308 g/mol.